The largest absolute Gasteiger partial charge is 0.334 e. The highest BCUT2D eigenvalue weighted by Gasteiger charge is 2.22. The molecule has 6 heteroatoms. The van der Waals surface area contributed by atoms with Gasteiger partial charge < -0.3 is 9.80 Å². The molecule has 1 aromatic carbocycles. The van der Waals surface area contributed by atoms with Gasteiger partial charge in [-0.05, 0) is 12.5 Å². The Morgan fingerprint density at radius 3 is 2.62 bits per heavy atom. The highest BCUT2D eigenvalue weighted by atomic mass is 32.1. The van der Waals surface area contributed by atoms with Gasteiger partial charge in [-0.2, -0.15) is 0 Å². The summed E-state index contributed by atoms with van der Waals surface area (Å²) in [6.45, 7) is 6.06. The molecule has 0 spiro atoms. The third kappa shape index (κ3) is 2.61. The Bertz CT molecular complexity index is 923. The number of H-pyrrole nitrogens is 1. The molecular weight excluding hydrogens is 320 g/mol. The molecule has 0 bridgehead atoms. The van der Waals surface area contributed by atoms with Crippen LogP contribution in [0.15, 0.2) is 35.1 Å². The average molecular weight is 341 g/mol. The molecule has 0 atom stereocenters. The summed E-state index contributed by atoms with van der Waals surface area (Å²) in [7, 11) is 2.20. The van der Waals surface area contributed by atoms with Gasteiger partial charge in [0.1, 0.15) is 4.83 Å². The zero-order valence-corrected chi connectivity index (χ0v) is 14.7. The smallest absolute Gasteiger partial charge is 0.261 e. The summed E-state index contributed by atoms with van der Waals surface area (Å²) in [5, 5.41) is 0.715. The molecule has 5 nitrogen and oxygen atoms in total. The van der Waals surface area contributed by atoms with Crippen molar-refractivity contribution < 1.29 is 4.90 Å². The van der Waals surface area contributed by atoms with Gasteiger partial charge in [0.05, 0.1) is 38.6 Å². The number of nitrogens with zero attached hydrogens (tertiary/aromatic N) is 2. The fraction of sp³-hybridized carbons (Fsp3) is 0.333. The zero-order valence-electron chi connectivity index (χ0n) is 13.9. The van der Waals surface area contributed by atoms with Crippen LogP contribution >= 0.6 is 11.3 Å². The van der Waals surface area contributed by atoms with Crippen LogP contribution in [-0.4, -0.2) is 43.2 Å². The minimum absolute atomic E-state index is 0.0375. The third-order valence-corrected chi connectivity index (χ3v) is 5.70. The van der Waals surface area contributed by atoms with Gasteiger partial charge in [0.2, 0.25) is 5.95 Å². The van der Waals surface area contributed by atoms with Crippen molar-refractivity contribution in [1.29, 1.82) is 0 Å². The fourth-order valence-electron chi connectivity index (χ4n) is 3.31. The molecule has 3 heterocycles. The van der Waals surface area contributed by atoms with E-state index >= 15 is 0 Å². The van der Waals surface area contributed by atoms with E-state index in [0.29, 0.717) is 11.3 Å². The van der Waals surface area contributed by atoms with Gasteiger partial charge in [-0.3, -0.25) is 9.78 Å². The van der Waals surface area contributed by atoms with E-state index in [1.807, 2.05) is 30.3 Å². The second-order valence-corrected chi connectivity index (χ2v) is 7.62. The van der Waals surface area contributed by atoms with Crippen molar-refractivity contribution in [2.24, 2.45) is 0 Å². The third-order valence-electron chi connectivity index (χ3n) is 4.70. The van der Waals surface area contributed by atoms with Crippen molar-refractivity contribution in [2.75, 3.05) is 38.1 Å². The van der Waals surface area contributed by atoms with Crippen molar-refractivity contribution in [3.63, 3.8) is 0 Å². The first-order valence-electron chi connectivity index (χ1n) is 8.28. The Hall–Kier alpha value is -2.18. The average Bonchev–Trinajstić information content (AvgIpc) is 2.93. The number of piperazine rings is 1. The molecule has 1 fully saturated rings. The number of hydrogen-bond donors (Lipinski definition) is 2. The topological polar surface area (TPSA) is 53.4 Å². The molecule has 0 amide bonds. The Morgan fingerprint density at radius 2 is 1.92 bits per heavy atom. The number of hydrogen-bond acceptors (Lipinski definition) is 4. The quantitative estimate of drug-likeness (QED) is 0.739. The van der Waals surface area contributed by atoms with Crippen molar-refractivity contribution in [1.82, 2.24) is 9.97 Å². The van der Waals surface area contributed by atoms with E-state index in [-0.39, 0.29) is 5.56 Å². The summed E-state index contributed by atoms with van der Waals surface area (Å²) in [5.41, 5.74) is 2.05. The van der Waals surface area contributed by atoms with Crippen molar-refractivity contribution in [3.8, 4) is 11.1 Å². The molecule has 24 heavy (non-hydrogen) atoms. The summed E-state index contributed by atoms with van der Waals surface area (Å²) < 4.78 is 0. The van der Waals surface area contributed by atoms with E-state index in [1.165, 1.54) is 4.90 Å². The molecular formula is C18H21N4OS+. The molecule has 0 unspecified atom stereocenters. The Morgan fingerprint density at radius 1 is 1.21 bits per heavy atom. The maximum absolute atomic E-state index is 12.8. The lowest BCUT2D eigenvalue weighted by Crippen LogP contribution is -3.12. The second kappa shape index (κ2) is 6.03. The molecule has 2 N–H and O–H groups in total. The van der Waals surface area contributed by atoms with E-state index in [1.54, 1.807) is 11.3 Å². The zero-order chi connectivity index (χ0) is 16.7. The molecule has 1 aliphatic heterocycles. The van der Waals surface area contributed by atoms with E-state index in [0.717, 1.165) is 47.0 Å². The number of nitrogens with one attached hydrogen (secondary N) is 2. The first-order valence-corrected chi connectivity index (χ1v) is 9.10. The molecule has 0 aliphatic carbocycles. The summed E-state index contributed by atoms with van der Waals surface area (Å²) in [5.74, 6) is 0.709. The maximum atomic E-state index is 12.8. The number of likely N-dealkylation sites (N-methyl/N-ethyl adjacent to an activating group) is 1. The Balaban J connectivity index is 1.82. The number of quaternary nitrogens is 1. The minimum Gasteiger partial charge on any atom is -0.334 e. The van der Waals surface area contributed by atoms with Gasteiger partial charge in [-0.1, -0.05) is 30.3 Å². The normalized spacial score (nSPS) is 16.0. The lowest BCUT2D eigenvalue weighted by atomic mass is 10.0. The first kappa shape index (κ1) is 15.4. The van der Waals surface area contributed by atoms with Crippen LogP contribution in [0.3, 0.4) is 0 Å². The molecule has 4 rings (SSSR count). The van der Waals surface area contributed by atoms with E-state index < -0.39 is 0 Å². The van der Waals surface area contributed by atoms with Gasteiger partial charge >= 0.3 is 0 Å². The molecule has 124 valence electrons. The SMILES string of the molecule is Cc1sc2nc(N3CC[NH+](C)CC3)[nH]c(=O)c2c1-c1ccccc1. The number of benzene rings is 1. The van der Waals surface area contributed by atoms with E-state index in [4.69, 9.17) is 4.98 Å². The highest BCUT2D eigenvalue weighted by Crippen LogP contribution is 2.35. The summed E-state index contributed by atoms with van der Waals surface area (Å²) in [6.07, 6.45) is 0. The van der Waals surface area contributed by atoms with Gasteiger partial charge in [-0.15, -0.1) is 11.3 Å². The summed E-state index contributed by atoms with van der Waals surface area (Å²) >= 11 is 1.60. The number of rotatable bonds is 2. The lowest BCUT2D eigenvalue weighted by Gasteiger charge is -2.30. The van der Waals surface area contributed by atoms with Crippen LogP contribution in [-0.2, 0) is 0 Å². The number of fused-ring (bicyclic) bond motifs is 1. The lowest BCUT2D eigenvalue weighted by molar-refractivity contribution is -0.880. The summed E-state index contributed by atoms with van der Waals surface area (Å²) in [4.78, 5) is 26.2. The highest BCUT2D eigenvalue weighted by molar-refractivity contribution is 7.19. The van der Waals surface area contributed by atoms with Crippen LogP contribution in [0.2, 0.25) is 0 Å². The van der Waals surface area contributed by atoms with Gasteiger partial charge in [-0.25, -0.2) is 4.98 Å². The van der Waals surface area contributed by atoms with E-state index in [2.05, 4.69) is 23.9 Å². The number of aromatic amines is 1. The monoisotopic (exact) mass is 341 g/mol. The Kier molecular flexibility index (Phi) is 3.86. The summed E-state index contributed by atoms with van der Waals surface area (Å²) in [6, 6.07) is 10.1. The molecule has 2 aromatic heterocycles. The number of aromatic nitrogens is 2. The van der Waals surface area contributed by atoms with Crippen molar-refractivity contribution in [3.05, 3.63) is 45.6 Å². The molecule has 3 aromatic rings. The number of aryl methyl sites for hydroxylation is 1. The second-order valence-electron chi connectivity index (χ2n) is 6.41. The minimum atomic E-state index is -0.0375. The van der Waals surface area contributed by atoms with Crippen LogP contribution in [0.5, 0.6) is 0 Å². The maximum Gasteiger partial charge on any atom is 0.261 e. The standard InChI is InChI=1S/C18H20N4OS/c1-12-14(13-6-4-3-5-7-13)15-16(23)19-18(20-17(15)24-12)22-10-8-21(2)9-11-22/h3-7H,8-11H2,1-2H3,(H,19,20,23)/p+1. The predicted molar refractivity (Wildman–Crippen MR) is 99.2 cm³/mol. The first-order chi connectivity index (χ1) is 11.6. The van der Waals surface area contributed by atoms with Crippen LogP contribution in [0.4, 0.5) is 5.95 Å². The van der Waals surface area contributed by atoms with Gasteiger partial charge in [0.15, 0.2) is 0 Å². The molecule has 1 aliphatic rings. The molecule has 0 radical (unpaired) electrons. The van der Waals surface area contributed by atoms with E-state index in [9.17, 15) is 4.79 Å². The fourth-order valence-corrected chi connectivity index (χ4v) is 4.35. The van der Waals surface area contributed by atoms with Crippen molar-refractivity contribution in [2.45, 2.75) is 6.92 Å². The van der Waals surface area contributed by atoms with Crippen LogP contribution in [0.1, 0.15) is 4.88 Å². The predicted octanol–water partition coefficient (Wildman–Crippen LogP) is 1.29. The number of thiophene rings is 1. The number of anilines is 1. The van der Waals surface area contributed by atoms with Crippen LogP contribution in [0.25, 0.3) is 21.3 Å². The van der Waals surface area contributed by atoms with Gasteiger partial charge in [0.25, 0.3) is 5.56 Å². The Labute approximate surface area is 144 Å². The van der Waals surface area contributed by atoms with Crippen LogP contribution in [0, 0.1) is 6.92 Å². The molecule has 0 saturated carbocycles. The van der Waals surface area contributed by atoms with Gasteiger partial charge in [0, 0.05) is 10.4 Å². The van der Waals surface area contributed by atoms with Crippen molar-refractivity contribution >= 4 is 27.5 Å². The van der Waals surface area contributed by atoms with Crippen LogP contribution < -0.4 is 15.4 Å². The molecule has 1 saturated heterocycles.